The van der Waals surface area contributed by atoms with Crippen molar-refractivity contribution in [2.75, 3.05) is 12.4 Å². The number of amides is 1. The van der Waals surface area contributed by atoms with E-state index in [1.54, 1.807) is 18.2 Å². The number of halogens is 4. The minimum Gasteiger partial charge on any atom is -0.497 e. The lowest BCUT2D eigenvalue weighted by atomic mass is 10.2. The Bertz CT molecular complexity index is 1000. The topological polar surface area (TPSA) is 56.1 Å². The van der Waals surface area contributed by atoms with Gasteiger partial charge >= 0.3 is 0 Å². The monoisotopic (exact) mass is 379 g/mol. The van der Waals surface area contributed by atoms with Gasteiger partial charge in [-0.3, -0.25) is 9.48 Å². The van der Waals surface area contributed by atoms with E-state index < -0.39 is 41.3 Å². The van der Waals surface area contributed by atoms with Crippen molar-refractivity contribution in [3.8, 4) is 5.75 Å². The van der Waals surface area contributed by atoms with Crippen LogP contribution in [-0.4, -0.2) is 22.8 Å². The van der Waals surface area contributed by atoms with Crippen LogP contribution in [0.1, 0.15) is 15.9 Å². The molecule has 0 aliphatic heterocycles. The third kappa shape index (κ3) is 3.91. The lowest BCUT2D eigenvalue weighted by molar-refractivity contribution is 0.102. The summed E-state index contributed by atoms with van der Waals surface area (Å²) in [6.45, 7) is -0.482. The SMILES string of the molecule is COc1cccc(C(=O)Nc2cnn(Cc3c(F)cc(F)c(F)c3F)c2)c1. The summed E-state index contributed by atoms with van der Waals surface area (Å²) in [4.78, 5) is 12.2. The molecule has 0 aliphatic rings. The van der Waals surface area contributed by atoms with Crippen LogP contribution in [-0.2, 0) is 6.54 Å². The Kier molecular flexibility index (Phi) is 5.11. The van der Waals surface area contributed by atoms with Crippen molar-refractivity contribution in [1.29, 1.82) is 0 Å². The van der Waals surface area contributed by atoms with Crippen LogP contribution in [0, 0.1) is 23.3 Å². The van der Waals surface area contributed by atoms with E-state index in [2.05, 4.69) is 10.4 Å². The standard InChI is InChI=1S/C18H13F4N3O2/c1-27-12-4-2-3-10(5-12)18(26)24-11-7-23-25(8-11)9-13-14(19)6-15(20)17(22)16(13)21/h2-8H,9H2,1H3,(H,24,26). The number of methoxy groups -OCH3 is 1. The van der Waals surface area contributed by atoms with Crippen molar-refractivity contribution in [3.05, 3.63) is 77.1 Å². The molecule has 5 nitrogen and oxygen atoms in total. The Hall–Kier alpha value is -3.36. The highest BCUT2D eigenvalue weighted by Gasteiger charge is 2.19. The summed E-state index contributed by atoms with van der Waals surface area (Å²) in [5.74, 6) is -6.17. The van der Waals surface area contributed by atoms with Gasteiger partial charge in [-0.1, -0.05) is 6.07 Å². The molecular formula is C18H13F4N3O2. The molecule has 2 aromatic carbocycles. The Morgan fingerprint density at radius 3 is 2.67 bits per heavy atom. The van der Waals surface area contributed by atoms with Crippen LogP contribution < -0.4 is 10.1 Å². The number of hydrogen-bond donors (Lipinski definition) is 1. The Morgan fingerprint density at radius 1 is 1.15 bits per heavy atom. The second-order valence-corrected chi connectivity index (χ2v) is 5.56. The largest absolute Gasteiger partial charge is 0.497 e. The van der Waals surface area contributed by atoms with Gasteiger partial charge in [0.2, 0.25) is 0 Å². The van der Waals surface area contributed by atoms with E-state index in [9.17, 15) is 22.4 Å². The number of ether oxygens (including phenoxy) is 1. The molecule has 0 saturated carbocycles. The molecule has 0 saturated heterocycles. The van der Waals surface area contributed by atoms with Gasteiger partial charge in [-0.05, 0) is 18.2 Å². The average molecular weight is 379 g/mol. The van der Waals surface area contributed by atoms with Crippen molar-refractivity contribution >= 4 is 11.6 Å². The lowest BCUT2D eigenvalue weighted by Crippen LogP contribution is -2.11. The number of carbonyl (C=O) groups excluding carboxylic acids is 1. The first-order chi connectivity index (χ1) is 12.9. The van der Waals surface area contributed by atoms with Crippen LogP contribution in [0.2, 0.25) is 0 Å². The van der Waals surface area contributed by atoms with E-state index in [1.165, 1.54) is 25.6 Å². The first kappa shape index (κ1) is 18.4. The van der Waals surface area contributed by atoms with Gasteiger partial charge in [-0.15, -0.1) is 0 Å². The smallest absolute Gasteiger partial charge is 0.255 e. The Labute approximate surface area is 151 Å². The highest BCUT2D eigenvalue weighted by atomic mass is 19.2. The van der Waals surface area contributed by atoms with Crippen molar-refractivity contribution < 1.29 is 27.1 Å². The van der Waals surface area contributed by atoms with Crippen molar-refractivity contribution in [3.63, 3.8) is 0 Å². The predicted octanol–water partition coefficient (Wildman–Crippen LogP) is 3.75. The van der Waals surface area contributed by atoms with Gasteiger partial charge in [0, 0.05) is 23.4 Å². The van der Waals surface area contributed by atoms with Gasteiger partial charge in [0.1, 0.15) is 11.6 Å². The van der Waals surface area contributed by atoms with Gasteiger partial charge in [0.15, 0.2) is 17.5 Å². The van der Waals surface area contributed by atoms with E-state index >= 15 is 0 Å². The first-order valence-electron chi connectivity index (χ1n) is 7.68. The molecule has 0 aliphatic carbocycles. The molecule has 0 unspecified atom stereocenters. The summed E-state index contributed by atoms with van der Waals surface area (Å²) in [6, 6.07) is 6.70. The first-order valence-corrected chi connectivity index (χ1v) is 7.68. The van der Waals surface area contributed by atoms with Crippen LogP contribution in [0.4, 0.5) is 23.2 Å². The summed E-state index contributed by atoms with van der Waals surface area (Å²) in [7, 11) is 1.47. The zero-order valence-electron chi connectivity index (χ0n) is 14.0. The molecule has 140 valence electrons. The van der Waals surface area contributed by atoms with E-state index in [0.29, 0.717) is 11.3 Å². The number of aromatic nitrogens is 2. The van der Waals surface area contributed by atoms with E-state index in [-0.39, 0.29) is 11.8 Å². The summed E-state index contributed by atoms with van der Waals surface area (Å²) in [5, 5.41) is 6.42. The quantitative estimate of drug-likeness (QED) is 0.417. The zero-order valence-corrected chi connectivity index (χ0v) is 14.0. The molecule has 0 radical (unpaired) electrons. The fourth-order valence-electron chi connectivity index (χ4n) is 2.39. The molecule has 0 spiro atoms. The van der Waals surface area contributed by atoms with E-state index in [4.69, 9.17) is 4.74 Å². The maximum absolute atomic E-state index is 13.7. The van der Waals surface area contributed by atoms with Gasteiger partial charge in [-0.2, -0.15) is 5.10 Å². The van der Waals surface area contributed by atoms with Crippen LogP contribution in [0.15, 0.2) is 42.7 Å². The number of carbonyl (C=O) groups is 1. The molecule has 0 atom stereocenters. The molecule has 0 bridgehead atoms. The molecule has 3 rings (SSSR count). The van der Waals surface area contributed by atoms with Crippen LogP contribution in [0.25, 0.3) is 0 Å². The van der Waals surface area contributed by atoms with E-state index in [0.717, 1.165) is 4.68 Å². The number of nitrogens with one attached hydrogen (secondary N) is 1. The lowest BCUT2D eigenvalue weighted by Gasteiger charge is -2.07. The van der Waals surface area contributed by atoms with Crippen molar-refractivity contribution in [2.24, 2.45) is 0 Å². The highest BCUT2D eigenvalue weighted by molar-refractivity contribution is 6.04. The third-order valence-electron chi connectivity index (χ3n) is 3.75. The minimum atomic E-state index is -1.76. The molecule has 1 heterocycles. The second kappa shape index (κ2) is 7.48. The minimum absolute atomic E-state index is 0.256. The second-order valence-electron chi connectivity index (χ2n) is 5.56. The van der Waals surface area contributed by atoms with Gasteiger partial charge in [-0.25, -0.2) is 17.6 Å². The summed E-state index contributed by atoms with van der Waals surface area (Å²) >= 11 is 0. The number of benzene rings is 2. The fourth-order valence-corrected chi connectivity index (χ4v) is 2.39. The summed E-state index contributed by atoms with van der Waals surface area (Å²) in [6.07, 6.45) is 2.56. The van der Waals surface area contributed by atoms with E-state index in [1.807, 2.05) is 0 Å². The maximum atomic E-state index is 13.7. The number of hydrogen-bond acceptors (Lipinski definition) is 3. The third-order valence-corrected chi connectivity index (χ3v) is 3.75. The normalized spacial score (nSPS) is 10.7. The van der Waals surface area contributed by atoms with Crippen LogP contribution in [0.5, 0.6) is 5.75 Å². The molecular weight excluding hydrogens is 366 g/mol. The fraction of sp³-hybridized carbons (Fsp3) is 0.111. The molecule has 1 amide bonds. The summed E-state index contributed by atoms with van der Waals surface area (Å²) in [5.41, 5.74) is -0.0892. The molecule has 1 N–H and O–H groups in total. The van der Waals surface area contributed by atoms with Gasteiger partial charge < -0.3 is 10.1 Å². The average Bonchev–Trinajstić information content (AvgIpc) is 3.10. The molecule has 3 aromatic rings. The Morgan fingerprint density at radius 2 is 1.93 bits per heavy atom. The van der Waals surface area contributed by atoms with Gasteiger partial charge in [0.25, 0.3) is 5.91 Å². The number of anilines is 1. The maximum Gasteiger partial charge on any atom is 0.255 e. The van der Waals surface area contributed by atoms with Crippen LogP contribution >= 0.6 is 0 Å². The molecule has 1 aromatic heterocycles. The van der Waals surface area contributed by atoms with Gasteiger partial charge in [0.05, 0.1) is 25.5 Å². The van der Waals surface area contributed by atoms with Crippen molar-refractivity contribution in [2.45, 2.75) is 6.54 Å². The Balaban J connectivity index is 1.76. The molecule has 9 heteroatoms. The zero-order chi connectivity index (χ0) is 19.6. The predicted molar refractivity (Wildman–Crippen MR) is 88.6 cm³/mol. The molecule has 0 fully saturated rings. The number of nitrogens with zero attached hydrogens (tertiary/aromatic N) is 2. The molecule has 27 heavy (non-hydrogen) atoms. The summed E-state index contributed by atoms with van der Waals surface area (Å²) < 4.78 is 59.9. The highest BCUT2D eigenvalue weighted by Crippen LogP contribution is 2.21. The van der Waals surface area contributed by atoms with Crippen molar-refractivity contribution in [1.82, 2.24) is 9.78 Å². The number of rotatable bonds is 5. The van der Waals surface area contributed by atoms with Crippen LogP contribution in [0.3, 0.4) is 0 Å².